The Hall–Kier alpha value is -1.14. The second-order valence-electron chi connectivity index (χ2n) is 17.6. The lowest BCUT2D eigenvalue weighted by Gasteiger charge is -2.25. The molecule has 1 aliphatic rings. The van der Waals surface area contributed by atoms with Crippen LogP contribution in [0.1, 0.15) is 227 Å². The Morgan fingerprint density at radius 1 is 0.635 bits per heavy atom. The van der Waals surface area contributed by atoms with E-state index >= 15 is 0 Å². The maximum Gasteiger partial charge on any atom is 0.306 e. The van der Waals surface area contributed by atoms with Crippen molar-refractivity contribution in [1.82, 2.24) is 4.90 Å². The van der Waals surface area contributed by atoms with Gasteiger partial charge >= 0.3 is 11.9 Å². The highest BCUT2D eigenvalue weighted by Gasteiger charge is 2.43. The number of carbonyl (C=O) groups is 2. The predicted octanol–water partition coefficient (Wildman–Crippen LogP) is 12.8. The van der Waals surface area contributed by atoms with Crippen molar-refractivity contribution < 1.29 is 24.2 Å². The lowest BCUT2D eigenvalue weighted by atomic mass is 9.88. The van der Waals surface area contributed by atoms with Gasteiger partial charge in [-0.2, -0.15) is 0 Å². The van der Waals surface area contributed by atoms with E-state index in [4.69, 9.17) is 9.47 Å². The first kappa shape index (κ1) is 48.9. The summed E-state index contributed by atoms with van der Waals surface area (Å²) in [7, 11) is 0. The van der Waals surface area contributed by atoms with Gasteiger partial charge in [-0.1, -0.05) is 144 Å². The fraction of sp³-hybridized carbons (Fsp3) is 0.957. The third-order valence-electron chi connectivity index (χ3n) is 11.7. The fourth-order valence-electron chi connectivity index (χ4n) is 7.75. The molecule has 6 heteroatoms. The molecule has 1 N–H and O–H groups in total. The summed E-state index contributed by atoms with van der Waals surface area (Å²) in [5, 5.41) is 9.32. The summed E-state index contributed by atoms with van der Waals surface area (Å²) < 4.78 is 11.4. The van der Waals surface area contributed by atoms with Crippen molar-refractivity contribution >= 4 is 11.9 Å². The van der Waals surface area contributed by atoms with Crippen LogP contribution >= 0.6 is 0 Å². The first-order chi connectivity index (χ1) is 25.2. The number of hydrogen-bond donors (Lipinski definition) is 1. The van der Waals surface area contributed by atoms with Gasteiger partial charge in [0, 0.05) is 13.0 Å². The molecule has 308 valence electrons. The van der Waals surface area contributed by atoms with Crippen molar-refractivity contribution in [2.45, 2.75) is 227 Å². The second kappa shape index (κ2) is 32.1. The lowest BCUT2D eigenvalue weighted by molar-refractivity contribution is -0.147. The Labute approximate surface area is 323 Å². The van der Waals surface area contributed by atoms with Gasteiger partial charge in [-0.3, -0.25) is 9.59 Å². The van der Waals surface area contributed by atoms with E-state index in [2.05, 4.69) is 39.5 Å². The zero-order valence-corrected chi connectivity index (χ0v) is 35.6. The molecule has 1 rings (SSSR count). The van der Waals surface area contributed by atoms with Crippen LogP contribution in [0.15, 0.2) is 0 Å². The minimum absolute atomic E-state index is 0.0254. The average molecular weight is 736 g/mol. The zero-order chi connectivity index (χ0) is 38.2. The molecule has 1 aliphatic carbocycles. The molecule has 0 bridgehead atoms. The molecular weight excluding hydrogens is 647 g/mol. The molecule has 0 aromatic rings. The minimum Gasteiger partial charge on any atom is -0.466 e. The van der Waals surface area contributed by atoms with Crippen LogP contribution in [0.3, 0.4) is 0 Å². The van der Waals surface area contributed by atoms with Gasteiger partial charge in [0.05, 0.1) is 19.6 Å². The Morgan fingerprint density at radius 2 is 1.19 bits per heavy atom. The first-order valence-corrected chi connectivity index (χ1v) is 22.8. The summed E-state index contributed by atoms with van der Waals surface area (Å²) in [5.74, 6) is 0.860. The van der Waals surface area contributed by atoms with Gasteiger partial charge < -0.3 is 19.5 Å². The molecule has 0 aliphatic heterocycles. The van der Waals surface area contributed by atoms with E-state index in [1.165, 1.54) is 128 Å². The van der Waals surface area contributed by atoms with E-state index in [-0.39, 0.29) is 29.4 Å². The van der Waals surface area contributed by atoms with Crippen LogP contribution in [0.5, 0.6) is 0 Å². The van der Waals surface area contributed by atoms with Crippen molar-refractivity contribution in [1.29, 1.82) is 0 Å². The summed E-state index contributed by atoms with van der Waals surface area (Å²) in [5.41, 5.74) is 0.251. The second-order valence-corrected chi connectivity index (χ2v) is 17.6. The zero-order valence-electron chi connectivity index (χ0n) is 35.6. The van der Waals surface area contributed by atoms with Crippen molar-refractivity contribution in [3.63, 3.8) is 0 Å². The first-order valence-electron chi connectivity index (χ1n) is 22.8. The average Bonchev–Trinajstić information content (AvgIpc) is 3.89. The molecule has 6 nitrogen and oxygen atoms in total. The number of carbonyl (C=O) groups excluding carboxylic acids is 2. The predicted molar refractivity (Wildman–Crippen MR) is 221 cm³/mol. The number of rotatable bonds is 39. The van der Waals surface area contributed by atoms with E-state index in [0.717, 1.165) is 76.9 Å². The van der Waals surface area contributed by atoms with E-state index in [1.807, 2.05) is 0 Å². The third kappa shape index (κ3) is 28.3. The van der Waals surface area contributed by atoms with Gasteiger partial charge in [0.25, 0.3) is 0 Å². The van der Waals surface area contributed by atoms with E-state index in [1.54, 1.807) is 0 Å². The minimum atomic E-state index is -0.0281. The van der Waals surface area contributed by atoms with Crippen LogP contribution in [0.4, 0.5) is 0 Å². The Kier molecular flexibility index (Phi) is 30.2. The quantitative estimate of drug-likeness (QED) is 0.0500. The number of ether oxygens (including phenoxy) is 2. The fourth-order valence-corrected chi connectivity index (χ4v) is 7.75. The number of aliphatic hydroxyl groups is 1. The summed E-state index contributed by atoms with van der Waals surface area (Å²) in [6.45, 7) is 16.0. The van der Waals surface area contributed by atoms with Crippen molar-refractivity contribution in [2.75, 3.05) is 39.5 Å². The maximum absolute atomic E-state index is 12.7. The number of aliphatic hydroxyl groups excluding tert-OH is 1. The molecule has 0 atom stereocenters. The molecule has 0 radical (unpaired) electrons. The number of nitrogens with zero attached hydrogens (tertiary/aromatic N) is 1. The van der Waals surface area contributed by atoms with Gasteiger partial charge in [0.15, 0.2) is 0 Å². The highest BCUT2D eigenvalue weighted by molar-refractivity contribution is 5.70. The summed E-state index contributed by atoms with van der Waals surface area (Å²) in [6, 6.07) is 0. The largest absolute Gasteiger partial charge is 0.466 e. The molecule has 0 unspecified atom stereocenters. The summed E-state index contributed by atoms with van der Waals surface area (Å²) in [6.07, 6.45) is 34.9. The monoisotopic (exact) mass is 736 g/mol. The van der Waals surface area contributed by atoms with Crippen molar-refractivity contribution in [3.05, 3.63) is 0 Å². The van der Waals surface area contributed by atoms with E-state index < -0.39 is 0 Å². The standard InChI is InChI=1S/C46H89NO5/c1-6-9-12-13-14-15-18-30-43(49)52-41-45(4,5)31-20-16-22-35-47(37-24-25-38-48)36-23-17-21-32-46(33-34-46)40-44(50)51-39-26-19-29-42(27-10-7-2)28-11-8-3/h42,48H,6-41H2,1-5H3. The summed E-state index contributed by atoms with van der Waals surface area (Å²) >= 11 is 0. The van der Waals surface area contributed by atoms with Gasteiger partial charge in [-0.25, -0.2) is 0 Å². The van der Waals surface area contributed by atoms with Crippen molar-refractivity contribution in [3.8, 4) is 0 Å². The highest BCUT2D eigenvalue weighted by Crippen LogP contribution is 2.53. The molecule has 0 amide bonds. The molecule has 1 fully saturated rings. The van der Waals surface area contributed by atoms with Crippen LogP contribution in [0, 0.1) is 16.7 Å². The SMILES string of the molecule is CCCCCCCCCC(=O)OCC(C)(C)CCCCCN(CCCCO)CCCCCC1(CC(=O)OCCCCC(CCCC)CCCC)CC1. The Bertz CT molecular complexity index is 833. The van der Waals surface area contributed by atoms with Gasteiger partial charge in [0.1, 0.15) is 0 Å². The van der Waals surface area contributed by atoms with Crippen LogP contribution in [-0.2, 0) is 19.1 Å². The molecular formula is C46H89NO5. The Morgan fingerprint density at radius 3 is 1.81 bits per heavy atom. The van der Waals surface area contributed by atoms with Gasteiger partial charge in [-0.05, 0) is 107 Å². The number of hydrogen-bond acceptors (Lipinski definition) is 6. The molecule has 1 saturated carbocycles. The highest BCUT2D eigenvalue weighted by atomic mass is 16.5. The smallest absolute Gasteiger partial charge is 0.306 e. The van der Waals surface area contributed by atoms with Crippen LogP contribution < -0.4 is 0 Å². The summed E-state index contributed by atoms with van der Waals surface area (Å²) in [4.78, 5) is 27.5. The molecule has 0 aromatic heterocycles. The van der Waals surface area contributed by atoms with Crippen LogP contribution in [0.2, 0.25) is 0 Å². The van der Waals surface area contributed by atoms with Crippen LogP contribution in [-0.4, -0.2) is 61.4 Å². The van der Waals surface area contributed by atoms with Crippen LogP contribution in [0.25, 0.3) is 0 Å². The molecule has 0 saturated heterocycles. The molecule has 0 aromatic carbocycles. The Balaban J connectivity index is 2.20. The topological polar surface area (TPSA) is 76.1 Å². The third-order valence-corrected chi connectivity index (χ3v) is 11.7. The number of esters is 2. The normalized spacial score (nSPS) is 14.0. The molecule has 0 spiro atoms. The van der Waals surface area contributed by atoms with Gasteiger partial charge in [-0.15, -0.1) is 0 Å². The van der Waals surface area contributed by atoms with Crippen molar-refractivity contribution in [2.24, 2.45) is 16.7 Å². The molecule has 0 heterocycles. The molecule has 52 heavy (non-hydrogen) atoms. The maximum atomic E-state index is 12.7. The van der Waals surface area contributed by atoms with Gasteiger partial charge in [0.2, 0.25) is 0 Å². The lowest BCUT2D eigenvalue weighted by Crippen LogP contribution is -2.27. The van der Waals surface area contributed by atoms with E-state index in [9.17, 15) is 14.7 Å². The number of unbranched alkanes of at least 4 members (excludes halogenated alkanes) is 14. The van der Waals surface area contributed by atoms with E-state index in [0.29, 0.717) is 26.1 Å².